The quantitative estimate of drug-likeness (QED) is 0.771. The van der Waals surface area contributed by atoms with Gasteiger partial charge in [0.25, 0.3) is 0 Å². The van der Waals surface area contributed by atoms with Crippen molar-refractivity contribution in [3.05, 3.63) is 28.2 Å². The van der Waals surface area contributed by atoms with Gasteiger partial charge >= 0.3 is 12.0 Å². The molecule has 0 unspecified atom stereocenters. The molecular formula is C15H19BrN2O3. The molecule has 0 radical (unpaired) electrons. The molecule has 2 rings (SSSR count). The summed E-state index contributed by atoms with van der Waals surface area (Å²) in [6.07, 6.45) is 3.29. The summed E-state index contributed by atoms with van der Waals surface area (Å²) >= 11 is 3.42. The fourth-order valence-corrected chi connectivity index (χ4v) is 3.19. The third-order valence-electron chi connectivity index (χ3n) is 3.94. The highest BCUT2D eigenvalue weighted by atomic mass is 79.9. The largest absolute Gasteiger partial charge is 0.481 e. The van der Waals surface area contributed by atoms with Gasteiger partial charge in [0.15, 0.2) is 0 Å². The van der Waals surface area contributed by atoms with Crippen molar-refractivity contribution in [1.29, 1.82) is 0 Å². The summed E-state index contributed by atoms with van der Waals surface area (Å²) in [6.45, 7) is 1.91. The summed E-state index contributed by atoms with van der Waals surface area (Å²) in [5.41, 5.74) is 1.03. The monoisotopic (exact) mass is 354 g/mol. The molecule has 21 heavy (non-hydrogen) atoms. The second kappa shape index (κ2) is 6.47. The van der Waals surface area contributed by atoms with Crippen molar-refractivity contribution in [3.8, 4) is 0 Å². The van der Waals surface area contributed by atoms with Crippen LogP contribution in [-0.4, -0.2) is 22.6 Å². The Morgan fingerprint density at radius 2 is 2.00 bits per heavy atom. The van der Waals surface area contributed by atoms with Crippen LogP contribution in [0.25, 0.3) is 0 Å². The number of carboxylic acids is 1. The van der Waals surface area contributed by atoms with Crippen molar-refractivity contribution in [3.63, 3.8) is 0 Å². The molecule has 0 spiro atoms. The number of rotatable bonds is 4. The number of benzene rings is 1. The van der Waals surface area contributed by atoms with Crippen molar-refractivity contribution >= 4 is 33.6 Å². The van der Waals surface area contributed by atoms with Crippen LogP contribution in [-0.2, 0) is 4.79 Å². The number of aliphatic carboxylic acids is 1. The van der Waals surface area contributed by atoms with Crippen LogP contribution in [0.5, 0.6) is 0 Å². The maximum atomic E-state index is 12.2. The van der Waals surface area contributed by atoms with E-state index in [2.05, 4.69) is 26.6 Å². The topological polar surface area (TPSA) is 78.4 Å². The van der Waals surface area contributed by atoms with Gasteiger partial charge in [-0.2, -0.15) is 0 Å². The number of carbonyl (C=O) groups is 2. The molecule has 3 N–H and O–H groups in total. The van der Waals surface area contributed by atoms with Crippen molar-refractivity contribution in [2.24, 2.45) is 0 Å². The summed E-state index contributed by atoms with van der Waals surface area (Å²) in [5, 5.41) is 14.7. The average molecular weight is 355 g/mol. The van der Waals surface area contributed by atoms with E-state index >= 15 is 0 Å². The summed E-state index contributed by atoms with van der Waals surface area (Å²) in [7, 11) is 0. The molecule has 0 saturated heterocycles. The Kier molecular flexibility index (Phi) is 4.88. The third kappa shape index (κ3) is 3.97. The van der Waals surface area contributed by atoms with E-state index in [4.69, 9.17) is 5.11 Å². The van der Waals surface area contributed by atoms with Crippen LogP contribution >= 0.6 is 15.9 Å². The molecule has 1 aliphatic rings. The van der Waals surface area contributed by atoms with Gasteiger partial charge in [-0.05, 0) is 37.5 Å². The zero-order valence-corrected chi connectivity index (χ0v) is 13.5. The lowest BCUT2D eigenvalue weighted by atomic mass is 9.93. The van der Waals surface area contributed by atoms with E-state index < -0.39 is 11.5 Å². The Bertz CT molecular complexity index is 554. The van der Waals surface area contributed by atoms with Gasteiger partial charge in [0.05, 0.1) is 12.0 Å². The summed E-state index contributed by atoms with van der Waals surface area (Å²) in [4.78, 5) is 23.2. The van der Waals surface area contributed by atoms with Gasteiger partial charge in [-0.25, -0.2) is 4.79 Å². The highest BCUT2D eigenvalue weighted by Crippen LogP contribution is 2.33. The zero-order valence-electron chi connectivity index (χ0n) is 11.9. The SMILES string of the molecule is Cc1c(Br)cccc1NC(=O)NC1(CC(=O)O)CCCC1. The summed E-state index contributed by atoms with van der Waals surface area (Å²) < 4.78 is 0.918. The van der Waals surface area contributed by atoms with Gasteiger partial charge in [0.1, 0.15) is 0 Å². The Morgan fingerprint density at radius 3 is 2.62 bits per heavy atom. The van der Waals surface area contributed by atoms with Crippen LogP contribution in [0.4, 0.5) is 10.5 Å². The Morgan fingerprint density at radius 1 is 1.33 bits per heavy atom. The average Bonchev–Trinajstić information content (AvgIpc) is 2.82. The van der Waals surface area contributed by atoms with E-state index in [0.717, 1.165) is 22.9 Å². The number of urea groups is 1. The molecule has 0 aliphatic heterocycles. The third-order valence-corrected chi connectivity index (χ3v) is 4.80. The number of carboxylic acid groups (broad SMARTS) is 1. The Hall–Kier alpha value is -1.56. The molecule has 0 atom stereocenters. The summed E-state index contributed by atoms with van der Waals surface area (Å²) in [5.74, 6) is -0.879. The van der Waals surface area contributed by atoms with Crippen LogP contribution in [0, 0.1) is 6.92 Å². The van der Waals surface area contributed by atoms with Crippen molar-refractivity contribution in [2.45, 2.75) is 44.6 Å². The minimum Gasteiger partial charge on any atom is -0.481 e. The highest BCUT2D eigenvalue weighted by Gasteiger charge is 2.37. The number of halogens is 1. The predicted molar refractivity (Wildman–Crippen MR) is 84.5 cm³/mol. The Labute approximate surface area is 132 Å². The molecule has 2 amide bonds. The number of nitrogens with one attached hydrogen (secondary N) is 2. The number of carbonyl (C=O) groups excluding carboxylic acids is 1. The van der Waals surface area contributed by atoms with Crippen molar-refractivity contribution in [2.75, 3.05) is 5.32 Å². The first-order valence-electron chi connectivity index (χ1n) is 6.98. The van der Waals surface area contributed by atoms with Crippen molar-refractivity contribution in [1.82, 2.24) is 5.32 Å². The van der Waals surface area contributed by atoms with Gasteiger partial charge in [-0.3, -0.25) is 4.79 Å². The lowest BCUT2D eigenvalue weighted by molar-refractivity contribution is -0.138. The fourth-order valence-electron chi connectivity index (χ4n) is 2.82. The lowest BCUT2D eigenvalue weighted by Crippen LogP contribution is -2.49. The van der Waals surface area contributed by atoms with E-state index in [1.165, 1.54) is 0 Å². The highest BCUT2D eigenvalue weighted by molar-refractivity contribution is 9.10. The molecule has 5 nitrogen and oxygen atoms in total. The Balaban J connectivity index is 2.06. The first-order chi connectivity index (χ1) is 9.92. The molecule has 114 valence electrons. The van der Waals surface area contributed by atoms with Crippen LogP contribution in [0.1, 0.15) is 37.7 Å². The summed E-state index contributed by atoms with van der Waals surface area (Å²) in [6, 6.07) is 5.22. The predicted octanol–water partition coefficient (Wildman–Crippen LogP) is 3.67. The molecule has 0 aromatic heterocycles. The van der Waals surface area contributed by atoms with Crippen LogP contribution in [0.3, 0.4) is 0 Å². The number of anilines is 1. The smallest absolute Gasteiger partial charge is 0.319 e. The molecular weight excluding hydrogens is 336 g/mol. The lowest BCUT2D eigenvalue weighted by Gasteiger charge is -2.28. The molecule has 1 aromatic rings. The zero-order chi connectivity index (χ0) is 15.5. The fraction of sp³-hybridized carbons (Fsp3) is 0.467. The minimum atomic E-state index is -0.879. The van der Waals surface area contributed by atoms with Crippen LogP contribution < -0.4 is 10.6 Å². The molecule has 1 saturated carbocycles. The second-order valence-corrected chi connectivity index (χ2v) is 6.40. The molecule has 0 bridgehead atoms. The van der Waals surface area contributed by atoms with Gasteiger partial charge in [0.2, 0.25) is 0 Å². The maximum absolute atomic E-state index is 12.2. The molecule has 0 heterocycles. The minimum absolute atomic E-state index is 0.0299. The first-order valence-corrected chi connectivity index (χ1v) is 7.77. The standard InChI is InChI=1S/C15H19BrN2O3/c1-10-11(16)5-4-6-12(10)17-14(21)18-15(9-13(19)20)7-2-3-8-15/h4-6H,2-3,7-9H2,1H3,(H,19,20)(H2,17,18,21). The van der Waals surface area contributed by atoms with Gasteiger partial charge in [-0.15, -0.1) is 0 Å². The van der Waals surface area contributed by atoms with Gasteiger partial charge in [0, 0.05) is 10.2 Å². The second-order valence-electron chi connectivity index (χ2n) is 5.55. The molecule has 6 heteroatoms. The van der Waals surface area contributed by atoms with Gasteiger partial charge in [-0.1, -0.05) is 34.8 Å². The molecule has 1 aliphatic carbocycles. The van der Waals surface area contributed by atoms with E-state index in [-0.39, 0.29) is 12.5 Å². The van der Waals surface area contributed by atoms with E-state index in [9.17, 15) is 9.59 Å². The number of hydrogen-bond acceptors (Lipinski definition) is 2. The molecule has 1 aromatic carbocycles. The normalized spacial score (nSPS) is 16.5. The van der Waals surface area contributed by atoms with Gasteiger partial charge < -0.3 is 15.7 Å². The van der Waals surface area contributed by atoms with E-state index in [1.807, 2.05) is 25.1 Å². The van der Waals surface area contributed by atoms with Crippen LogP contribution in [0.15, 0.2) is 22.7 Å². The number of hydrogen-bond donors (Lipinski definition) is 3. The van der Waals surface area contributed by atoms with Crippen molar-refractivity contribution < 1.29 is 14.7 Å². The number of amides is 2. The van der Waals surface area contributed by atoms with Crippen LogP contribution in [0.2, 0.25) is 0 Å². The molecule has 1 fully saturated rings. The van der Waals surface area contributed by atoms with E-state index in [0.29, 0.717) is 18.5 Å². The van der Waals surface area contributed by atoms with E-state index in [1.54, 1.807) is 0 Å². The maximum Gasteiger partial charge on any atom is 0.319 e. The first kappa shape index (κ1) is 15.8.